The van der Waals surface area contributed by atoms with E-state index in [1.165, 1.54) is 12.1 Å². The summed E-state index contributed by atoms with van der Waals surface area (Å²) in [5.41, 5.74) is 3.11. The average Bonchev–Trinajstić information content (AvgIpc) is 2.95. The van der Waals surface area contributed by atoms with E-state index in [2.05, 4.69) is 0 Å². The number of ether oxygens (including phenoxy) is 1. The maximum Gasteiger partial charge on any atom is 0.310 e. The molecule has 0 amide bonds. The highest BCUT2D eigenvalue weighted by molar-refractivity contribution is 5.98. The van der Waals surface area contributed by atoms with Crippen molar-refractivity contribution in [3.8, 4) is 11.4 Å². The van der Waals surface area contributed by atoms with Gasteiger partial charge in [-0.3, -0.25) is 14.9 Å². The zero-order chi connectivity index (χ0) is 18.7. The summed E-state index contributed by atoms with van der Waals surface area (Å²) in [6, 6.07) is 17.6. The quantitative estimate of drug-likeness (QED) is 0.378. The molecule has 0 N–H and O–H groups in total. The molecule has 3 aromatic rings. The Kier molecular flexibility index (Phi) is 4.84. The van der Waals surface area contributed by atoms with E-state index in [0.717, 1.165) is 17.1 Å². The first-order chi connectivity index (χ1) is 12.5. The number of aryl methyl sites for hydroxylation is 1. The lowest BCUT2D eigenvalue weighted by molar-refractivity contribution is -0.385. The second kappa shape index (κ2) is 7.23. The van der Waals surface area contributed by atoms with Crippen LogP contribution in [-0.4, -0.2) is 21.9 Å². The van der Waals surface area contributed by atoms with E-state index in [1.807, 2.05) is 54.8 Å². The Morgan fingerprint density at radius 2 is 1.73 bits per heavy atom. The predicted molar refractivity (Wildman–Crippen MR) is 98.2 cm³/mol. The van der Waals surface area contributed by atoms with Gasteiger partial charge in [-0.2, -0.15) is 0 Å². The Morgan fingerprint density at radius 3 is 2.42 bits per heavy atom. The van der Waals surface area contributed by atoms with Gasteiger partial charge in [-0.15, -0.1) is 0 Å². The van der Waals surface area contributed by atoms with Gasteiger partial charge in [-0.25, -0.2) is 0 Å². The summed E-state index contributed by atoms with van der Waals surface area (Å²) in [4.78, 5) is 23.1. The highest BCUT2D eigenvalue weighted by atomic mass is 16.6. The summed E-state index contributed by atoms with van der Waals surface area (Å²) in [6.07, 6.45) is 0. The van der Waals surface area contributed by atoms with Crippen molar-refractivity contribution >= 4 is 11.5 Å². The van der Waals surface area contributed by atoms with Crippen LogP contribution < -0.4 is 4.74 Å². The molecule has 0 atom stereocenters. The summed E-state index contributed by atoms with van der Waals surface area (Å²) in [7, 11) is 0. The number of carbonyl (C=O) groups is 1. The number of Topliss-reactive ketones (excluding diaryl/α,β-unsaturated/α-hetero) is 1. The molecule has 0 unspecified atom stereocenters. The molecule has 0 fully saturated rings. The smallest absolute Gasteiger partial charge is 0.310 e. The number of nitrogens with zero attached hydrogens (tertiary/aromatic N) is 2. The van der Waals surface area contributed by atoms with Crippen LogP contribution in [0.2, 0.25) is 0 Å². The van der Waals surface area contributed by atoms with E-state index in [-0.39, 0.29) is 23.8 Å². The zero-order valence-corrected chi connectivity index (χ0v) is 14.5. The Labute approximate surface area is 150 Å². The van der Waals surface area contributed by atoms with Crippen molar-refractivity contribution in [2.75, 3.05) is 6.61 Å². The first kappa shape index (κ1) is 17.4. The van der Waals surface area contributed by atoms with E-state index in [4.69, 9.17) is 4.74 Å². The molecule has 6 heteroatoms. The maximum absolute atomic E-state index is 12.6. The van der Waals surface area contributed by atoms with Crippen LogP contribution in [0.3, 0.4) is 0 Å². The van der Waals surface area contributed by atoms with Crippen LogP contribution in [0.4, 0.5) is 5.69 Å². The third-order valence-electron chi connectivity index (χ3n) is 4.17. The molecule has 6 nitrogen and oxygen atoms in total. The van der Waals surface area contributed by atoms with Gasteiger partial charge in [-0.1, -0.05) is 30.3 Å². The molecule has 1 heterocycles. The van der Waals surface area contributed by atoms with Crippen LogP contribution in [0.5, 0.6) is 5.75 Å². The third kappa shape index (κ3) is 3.35. The molecule has 0 spiro atoms. The SMILES string of the molecule is Cc1cc(C(=O)COc2ccccc2[N+](=O)[O-])c(C)n1-c1ccccc1. The summed E-state index contributed by atoms with van der Waals surface area (Å²) < 4.78 is 7.42. The van der Waals surface area contributed by atoms with Crippen molar-refractivity contribution in [3.63, 3.8) is 0 Å². The van der Waals surface area contributed by atoms with E-state index in [0.29, 0.717) is 5.56 Å². The number of benzene rings is 2. The van der Waals surface area contributed by atoms with Gasteiger partial charge in [0.1, 0.15) is 0 Å². The number of nitro groups is 1. The van der Waals surface area contributed by atoms with E-state index in [1.54, 1.807) is 12.1 Å². The summed E-state index contributed by atoms with van der Waals surface area (Å²) in [5, 5.41) is 11.0. The van der Waals surface area contributed by atoms with Gasteiger partial charge in [0.05, 0.1) is 4.92 Å². The minimum absolute atomic E-state index is 0.0858. The Hall–Kier alpha value is -3.41. The minimum atomic E-state index is -0.527. The highest BCUT2D eigenvalue weighted by Gasteiger charge is 2.19. The molecule has 0 saturated heterocycles. The minimum Gasteiger partial charge on any atom is -0.478 e. The van der Waals surface area contributed by atoms with Gasteiger partial charge in [-0.05, 0) is 38.1 Å². The van der Waals surface area contributed by atoms with Crippen molar-refractivity contribution in [3.05, 3.63) is 87.7 Å². The van der Waals surface area contributed by atoms with Crippen molar-refractivity contribution in [2.45, 2.75) is 13.8 Å². The largest absolute Gasteiger partial charge is 0.478 e. The fraction of sp³-hybridized carbons (Fsp3) is 0.150. The molecule has 26 heavy (non-hydrogen) atoms. The molecule has 1 aromatic heterocycles. The first-order valence-electron chi connectivity index (χ1n) is 8.13. The van der Waals surface area contributed by atoms with Crippen LogP contribution in [-0.2, 0) is 0 Å². The van der Waals surface area contributed by atoms with Crippen molar-refractivity contribution in [1.29, 1.82) is 0 Å². The molecule has 0 aliphatic carbocycles. The van der Waals surface area contributed by atoms with Gasteiger partial charge in [0, 0.05) is 28.7 Å². The maximum atomic E-state index is 12.6. The van der Waals surface area contributed by atoms with Gasteiger partial charge in [0.15, 0.2) is 12.4 Å². The lowest BCUT2D eigenvalue weighted by Crippen LogP contribution is -2.13. The molecular formula is C20H18N2O4. The summed E-state index contributed by atoms with van der Waals surface area (Å²) in [5.74, 6) is -0.138. The van der Waals surface area contributed by atoms with Crippen molar-refractivity contribution in [1.82, 2.24) is 4.57 Å². The molecule has 0 aliphatic heterocycles. The standard InChI is InChI=1S/C20H18N2O4/c1-14-12-17(15(2)21(14)16-8-4-3-5-9-16)19(23)13-26-20-11-7-6-10-18(20)22(24)25/h3-12H,13H2,1-2H3. The topological polar surface area (TPSA) is 74.4 Å². The van der Waals surface area contributed by atoms with Crippen LogP contribution >= 0.6 is 0 Å². The fourth-order valence-corrected chi connectivity index (χ4v) is 2.97. The number of rotatable bonds is 6. The van der Waals surface area contributed by atoms with E-state index >= 15 is 0 Å². The first-order valence-corrected chi connectivity index (χ1v) is 8.13. The summed E-state index contributed by atoms with van der Waals surface area (Å²) in [6.45, 7) is 3.54. The number of aromatic nitrogens is 1. The molecule has 0 saturated carbocycles. The lowest BCUT2D eigenvalue weighted by Gasteiger charge is -2.10. The van der Waals surface area contributed by atoms with Gasteiger partial charge < -0.3 is 9.30 Å². The Balaban J connectivity index is 1.83. The highest BCUT2D eigenvalue weighted by Crippen LogP contribution is 2.26. The summed E-state index contributed by atoms with van der Waals surface area (Å²) >= 11 is 0. The second-order valence-corrected chi connectivity index (χ2v) is 5.89. The molecule has 0 radical (unpaired) electrons. The van der Waals surface area contributed by atoms with Gasteiger partial charge in [0.25, 0.3) is 0 Å². The van der Waals surface area contributed by atoms with Crippen molar-refractivity contribution < 1.29 is 14.5 Å². The van der Waals surface area contributed by atoms with Crippen LogP contribution in [0.1, 0.15) is 21.7 Å². The molecule has 0 bridgehead atoms. The fourth-order valence-electron chi connectivity index (χ4n) is 2.97. The van der Waals surface area contributed by atoms with Gasteiger partial charge >= 0.3 is 5.69 Å². The molecule has 2 aromatic carbocycles. The lowest BCUT2D eigenvalue weighted by atomic mass is 10.1. The van der Waals surface area contributed by atoms with Crippen LogP contribution in [0.15, 0.2) is 60.7 Å². The average molecular weight is 350 g/mol. The number of hydrogen-bond acceptors (Lipinski definition) is 4. The number of hydrogen-bond donors (Lipinski definition) is 0. The molecule has 3 rings (SSSR count). The Morgan fingerprint density at radius 1 is 1.08 bits per heavy atom. The van der Waals surface area contributed by atoms with Crippen molar-refractivity contribution in [2.24, 2.45) is 0 Å². The number of ketones is 1. The zero-order valence-electron chi connectivity index (χ0n) is 14.5. The number of carbonyl (C=O) groups excluding carboxylic acids is 1. The van der Waals surface area contributed by atoms with Gasteiger partial charge in [0.2, 0.25) is 5.78 Å². The van der Waals surface area contributed by atoms with E-state index in [9.17, 15) is 14.9 Å². The van der Waals surface area contributed by atoms with Crippen LogP contribution in [0.25, 0.3) is 5.69 Å². The monoisotopic (exact) mass is 350 g/mol. The third-order valence-corrected chi connectivity index (χ3v) is 4.17. The number of para-hydroxylation sites is 3. The molecule has 132 valence electrons. The predicted octanol–water partition coefficient (Wildman–Crippen LogP) is 4.26. The number of nitro benzene ring substituents is 1. The normalized spacial score (nSPS) is 10.5. The molecule has 0 aliphatic rings. The van der Waals surface area contributed by atoms with E-state index < -0.39 is 4.92 Å². The van der Waals surface area contributed by atoms with Crippen LogP contribution in [0, 0.1) is 24.0 Å². The molecular weight excluding hydrogens is 332 g/mol. The Bertz CT molecular complexity index is 961. The second-order valence-electron chi connectivity index (χ2n) is 5.89.